The third-order valence-electron chi connectivity index (χ3n) is 3.91. The van der Waals surface area contributed by atoms with Crippen LogP contribution < -0.4 is 10.2 Å². The molecule has 3 aromatic carbocycles. The molecule has 3 rings (SSSR count). The maximum absolute atomic E-state index is 13.8. The smallest absolute Gasteiger partial charge is 0.337 e. The molecule has 0 fully saturated rings. The molecule has 0 heterocycles. The summed E-state index contributed by atoms with van der Waals surface area (Å²) in [7, 11) is 0. The van der Waals surface area contributed by atoms with Gasteiger partial charge < -0.3 is 9.84 Å². The molecule has 0 saturated carbocycles. The van der Waals surface area contributed by atoms with Gasteiger partial charge in [0.15, 0.2) is 0 Å². The van der Waals surface area contributed by atoms with Crippen molar-refractivity contribution in [2.75, 3.05) is 5.43 Å². The quantitative estimate of drug-likeness (QED) is 0.325. The highest BCUT2D eigenvalue weighted by atomic mass is 79.9. The topological polar surface area (TPSA) is 70.9 Å². The summed E-state index contributed by atoms with van der Waals surface area (Å²) in [6.45, 7) is 0.0712. The van der Waals surface area contributed by atoms with Crippen molar-refractivity contribution in [3.8, 4) is 5.75 Å². The number of nitrogens with one attached hydrogen (secondary N) is 1. The minimum absolute atomic E-state index is 0.0248. The van der Waals surface area contributed by atoms with E-state index < -0.39 is 5.97 Å². The van der Waals surface area contributed by atoms with E-state index in [9.17, 15) is 9.18 Å². The summed E-state index contributed by atoms with van der Waals surface area (Å²) in [4.78, 5) is 11.2. The van der Waals surface area contributed by atoms with Gasteiger partial charge in [0.25, 0.3) is 0 Å². The minimum atomic E-state index is -1.13. The lowest BCUT2D eigenvalue weighted by atomic mass is 10.2. The fraction of sp³-hybridized carbons (Fsp3) is 0.0476. The zero-order chi connectivity index (χ0) is 20.8. The van der Waals surface area contributed by atoms with Crippen molar-refractivity contribution in [1.82, 2.24) is 0 Å². The van der Waals surface area contributed by atoms with E-state index in [0.29, 0.717) is 22.6 Å². The van der Waals surface area contributed by atoms with Crippen molar-refractivity contribution in [2.24, 2.45) is 5.10 Å². The first-order valence-corrected chi connectivity index (χ1v) is 9.59. The van der Waals surface area contributed by atoms with Gasteiger partial charge in [0, 0.05) is 15.6 Å². The molecule has 0 saturated heterocycles. The molecule has 29 heavy (non-hydrogen) atoms. The maximum Gasteiger partial charge on any atom is 0.337 e. The molecule has 0 radical (unpaired) electrons. The van der Waals surface area contributed by atoms with Crippen molar-refractivity contribution < 1.29 is 19.0 Å². The van der Waals surface area contributed by atoms with Gasteiger partial charge in [0.1, 0.15) is 18.2 Å². The van der Waals surface area contributed by atoms with Crippen LogP contribution in [-0.4, -0.2) is 17.3 Å². The number of hydrogen-bond donors (Lipinski definition) is 2. The molecule has 0 atom stereocenters. The van der Waals surface area contributed by atoms with Crippen LogP contribution in [0.5, 0.6) is 5.75 Å². The molecule has 0 unspecified atom stereocenters. The van der Waals surface area contributed by atoms with E-state index in [1.54, 1.807) is 42.5 Å². The second-order valence-electron chi connectivity index (χ2n) is 5.93. The van der Waals surface area contributed by atoms with Gasteiger partial charge in [-0.05, 0) is 42.5 Å². The largest absolute Gasteiger partial charge is 0.488 e. The first kappa shape index (κ1) is 20.8. The van der Waals surface area contributed by atoms with E-state index in [1.807, 2.05) is 0 Å². The number of aromatic carboxylic acids is 1. The number of benzene rings is 3. The lowest BCUT2D eigenvalue weighted by molar-refractivity contribution is 0.0697. The molecular formula is C21H15BrClFN2O3. The van der Waals surface area contributed by atoms with E-state index in [-0.39, 0.29) is 23.0 Å². The first-order chi connectivity index (χ1) is 13.9. The lowest BCUT2D eigenvalue weighted by Crippen LogP contribution is -2.01. The fourth-order valence-electron chi connectivity index (χ4n) is 2.46. The number of carboxylic acids is 1. The van der Waals surface area contributed by atoms with Gasteiger partial charge in [-0.2, -0.15) is 5.10 Å². The van der Waals surface area contributed by atoms with E-state index in [2.05, 4.69) is 26.5 Å². The van der Waals surface area contributed by atoms with Gasteiger partial charge in [-0.1, -0.05) is 45.7 Å². The molecule has 0 aliphatic rings. The van der Waals surface area contributed by atoms with Crippen LogP contribution in [0.15, 0.2) is 70.2 Å². The number of rotatable bonds is 7. The first-order valence-electron chi connectivity index (χ1n) is 8.41. The second kappa shape index (κ2) is 9.54. The molecule has 0 aliphatic carbocycles. The highest BCUT2D eigenvalue weighted by Gasteiger charge is 2.09. The average Bonchev–Trinajstić information content (AvgIpc) is 2.69. The Morgan fingerprint density at radius 3 is 2.76 bits per heavy atom. The zero-order valence-electron chi connectivity index (χ0n) is 14.9. The van der Waals surface area contributed by atoms with Gasteiger partial charge in [-0.15, -0.1) is 0 Å². The van der Waals surface area contributed by atoms with Crippen LogP contribution in [0.2, 0.25) is 5.02 Å². The monoisotopic (exact) mass is 476 g/mol. The van der Waals surface area contributed by atoms with Gasteiger partial charge in [-0.3, -0.25) is 5.43 Å². The Morgan fingerprint density at radius 2 is 2.00 bits per heavy atom. The van der Waals surface area contributed by atoms with Gasteiger partial charge in [0.2, 0.25) is 0 Å². The van der Waals surface area contributed by atoms with Crippen LogP contribution in [0.25, 0.3) is 0 Å². The Morgan fingerprint density at radius 1 is 1.21 bits per heavy atom. The Kier molecular flexibility index (Phi) is 6.85. The number of halogens is 3. The molecule has 148 valence electrons. The number of anilines is 1. The summed E-state index contributed by atoms with van der Waals surface area (Å²) in [5, 5.41) is 13.4. The molecule has 5 nitrogen and oxygen atoms in total. The van der Waals surface area contributed by atoms with Gasteiger partial charge >= 0.3 is 5.97 Å². The molecule has 3 aromatic rings. The summed E-state index contributed by atoms with van der Waals surface area (Å²) in [6.07, 6.45) is 1.52. The van der Waals surface area contributed by atoms with Crippen LogP contribution in [0.4, 0.5) is 10.1 Å². The molecule has 0 aromatic heterocycles. The molecule has 0 aliphatic heterocycles. The van der Waals surface area contributed by atoms with Gasteiger partial charge in [0.05, 0.1) is 22.5 Å². The standard InChI is InChI=1S/C21H15BrClFN2O3/c22-15-5-8-20(29-12-13-3-1-2-4-19(13)24)14(9-15)11-25-26-16-6-7-18(23)17(10-16)21(27)28/h1-11,26H,12H2,(H,27,28)/b25-11+. The van der Waals surface area contributed by atoms with Crippen LogP contribution in [-0.2, 0) is 6.61 Å². The number of hydrogen-bond acceptors (Lipinski definition) is 4. The normalized spacial score (nSPS) is 10.9. The van der Waals surface area contributed by atoms with Crippen LogP contribution >= 0.6 is 27.5 Å². The maximum atomic E-state index is 13.8. The third kappa shape index (κ3) is 5.56. The van der Waals surface area contributed by atoms with Gasteiger partial charge in [-0.25, -0.2) is 9.18 Å². The van der Waals surface area contributed by atoms with Crippen molar-refractivity contribution in [2.45, 2.75) is 6.61 Å². The predicted molar refractivity (Wildman–Crippen MR) is 115 cm³/mol. The van der Waals surface area contributed by atoms with Crippen LogP contribution in [0, 0.1) is 5.82 Å². The Balaban J connectivity index is 1.75. The van der Waals surface area contributed by atoms with Crippen molar-refractivity contribution in [1.29, 1.82) is 0 Å². The number of carboxylic acid groups (broad SMARTS) is 1. The summed E-state index contributed by atoms with van der Waals surface area (Å²) in [5.41, 5.74) is 4.29. The molecule has 0 amide bonds. The lowest BCUT2D eigenvalue weighted by Gasteiger charge is -2.10. The Bertz CT molecular complexity index is 1080. The van der Waals surface area contributed by atoms with Crippen LogP contribution in [0.3, 0.4) is 0 Å². The van der Waals surface area contributed by atoms with Crippen molar-refractivity contribution in [3.63, 3.8) is 0 Å². The molecule has 2 N–H and O–H groups in total. The van der Waals surface area contributed by atoms with E-state index in [4.69, 9.17) is 21.4 Å². The summed E-state index contributed by atoms with van der Waals surface area (Å²) >= 11 is 9.26. The molecule has 0 bridgehead atoms. The zero-order valence-corrected chi connectivity index (χ0v) is 17.2. The third-order valence-corrected chi connectivity index (χ3v) is 4.73. The van der Waals surface area contributed by atoms with E-state index >= 15 is 0 Å². The van der Waals surface area contributed by atoms with E-state index in [0.717, 1.165) is 4.47 Å². The highest BCUT2D eigenvalue weighted by molar-refractivity contribution is 9.10. The Hall–Kier alpha value is -2.90. The number of hydrazone groups is 1. The van der Waals surface area contributed by atoms with Crippen molar-refractivity contribution in [3.05, 3.63) is 92.7 Å². The second-order valence-corrected chi connectivity index (χ2v) is 7.25. The number of ether oxygens (including phenoxy) is 1. The average molecular weight is 478 g/mol. The molecule has 8 heteroatoms. The predicted octanol–water partition coefficient (Wildman–Crippen LogP) is 5.96. The highest BCUT2D eigenvalue weighted by Crippen LogP contribution is 2.24. The van der Waals surface area contributed by atoms with E-state index in [1.165, 1.54) is 24.4 Å². The van der Waals surface area contributed by atoms with Crippen molar-refractivity contribution >= 4 is 45.4 Å². The summed E-state index contributed by atoms with van der Waals surface area (Å²) in [6, 6.07) is 16.2. The van der Waals surface area contributed by atoms with Crippen LogP contribution in [0.1, 0.15) is 21.5 Å². The SMILES string of the molecule is O=C(O)c1cc(N/N=C/c2cc(Br)ccc2OCc2ccccc2F)ccc1Cl. The summed E-state index contributed by atoms with van der Waals surface area (Å²) in [5.74, 6) is -0.943. The number of nitrogens with zero attached hydrogens (tertiary/aromatic N) is 1. The Labute approximate surface area is 179 Å². The number of carbonyl (C=O) groups is 1. The molecular weight excluding hydrogens is 463 g/mol. The molecule has 0 spiro atoms. The summed E-state index contributed by atoms with van der Waals surface area (Å²) < 4.78 is 20.4. The minimum Gasteiger partial charge on any atom is -0.488 e. The fourth-order valence-corrected chi connectivity index (χ4v) is 3.03.